The molecule has 4 heteroatoms. The highest BCUT2D eigenvalue weighted by Crippen LogP contribution is 2.42. The van der Waals surface area contributed by atoms with Crippen LogP contribution in [0.5, 0.6) is 0 Å². The maximum absolute atomic E-state index is 5.43. The summed E-state index contributed by atoms with van der Waals surface area (Å²) in [7, 11) is 0. The minimum absolute atomic E-state index is 0.278. The van der Waals surface area contributed by atoms with Gasteiger partial charge in [-0.3, -0.25) is 4.90 Å². The van der Waals surface area contributed by atoms with Crippen molar-refractivity contribution in [3.05, 3.63) is 17.5 Å². The molecule has 1 saturated heterocycles. The molecule has 1 aromatic heterocycles. The van der Waals surface area contributed by atoms with E-state index >= 15 is 0 Å². The topological polar surface area (TPSA) is 41.3 Å². The van der Waals surface area contributed by atoms with Gasteiger partial charge < -0.3 is 9.84 Å². The second kappa shape index (κ2) is 5.15. The van der Waals surface area contributed by atoms with Crippen molar-refractivity contribution in [3.63, 3.8) is 0 Å². The molecule has 1 aromatic rings. The predicted molar refractivity (Wildman–Crippen MR) is 79.4 cm³/mol. The normalized spacial score (nSPS) is 31.9. The largest absolute Gasteiger partial charge is 0.360 e. The van der Waals surface area contributed by atoms with Crippen LogP contribution in [0.1, 0.15) is 45.1 Å². The smallest absolute Gasteiger partial charge is 0.150 e. The first kappa shape index (κ1) is 14.1. The zero-order valence-corrected chi connectivity index (χ0v) is 13.1. The summed E-state index contributed by atoms with van der Waals surface area (Å²) in [6.45, 7) is 12.1. The molecule has 1 saturated carbocycles. The predicted octanol–water partition coefficient (Wildman–Crippen LogP) is 2.58. The van der Waals surface area contributed by atoms with Crippen LogP contribution in [0.3, 0.4) is 0 Å². The lowest BCUT2D eigenvalue weighted by Gasteiger charge is -2.47. The molecule has 1 aliphatic carbocycles. The Labute approximate surface area is 121 Å². The zero-order chi connectivity index (χ0) is 14.3. The van der Waals surface area contributed by atoms with E-state index in [9.17, 15) is 0 Å². The van der Waals surface area contributed by atoms with E-state index in [1.165, 1.54) is 12.8 Å². The van der Waals surface area contributed by atoms with Crippen LogP contribution in [0.2, 0.25) is 0 Å². The fourth-order valence-corrected chi connectivity index (χ4v) is 3.58. The van der Waals surface area contributed by atoms with Gasteiger partial charge in [0.1, 0.15) is 0 Å². The third-order valence-electron chi connectivity index (χ3n) is 5.00. The second-order valence-corrected chi connectivity index (χ2v) is 7.22. The number of aryl methyl sites for hydroxylation is 1. The van der Waals surface area contributed by atoms with Crippen molar-refractivity contribution in [2.45, 2.75) is 58.7 Å². The summed E-state index contributed by atoms with van der Waals surface area (Å²) in [6.07, 6.45) is 2.76. The molecule has 2 unspecified atom stereocenters. The van der Waals surface area contributed by atoms with Crippen molar-refractivity contribution in [3.8, 4) is 0 Å². The number of piperazine rings is 1. The van der Waals surface area contributed by atoms with E-state index in [0.717, 1.165) is 37.0 Å². The summed E-state index contributed by atoms with van der Waals surface area (Å²) in [6, 6.07) is 2.64. The minimum Gasteiger partial charge on any atom is -0.360 e. The fraction of sp³-hybridized carbons (Fsp3) is 0.812. The first-order valence-corrected chi connectivity index (χ1v) is 7.89. The van der Waals surface area contributed by atoms with Crippen LogP contribution in [0.15, 0.2) is 10.6 Å². The molecule has 2 heterocycles. The van der Waals surface area contributed by atoms with Gasteiger partial charge in [0.2, 0.25) is 0 Å². The van der Waals surface area contributed by atoms with Crippen molar-refractivity contribution >= 4 is 0 Å². The van der Waals surface area contributed by atoms with Crippen LogP contribution in [0, 0.1) is 18.8 Å². The van der Waals surface area contributed by atoms with E-state index in [-0.39, 0.29) is 5.54 Å². The molecule has 0 aromatic carbocycles. The van der Waals surface area contributed by atoms with Crippen molar-refractivity contribution in [1.82, 2.24) is 15.4 Å². The Bertz CT molecular complexity index is 466. The molecule has 0 spiro atoms. The van der Waals surface area contributed by atoms with Gasteiger partial charge in [-0.2, -0.15) is 0 Å². The third kappa shape index (κ3) is 2.77. The van der Waals surface area contributed by atoms with E-state index in [1.54, 1.807) is 0 Å². The molecular formula is C16H27N3O. The van der Waals surface area contributed by atoms with Crippen molar-refractivity contribution in [2.75, 3.05) is 13.1 Å². The Hall–Kier alpha value is -0.870. The van der Waals surface area contributed by atoms with Gasteiger partial charge in [-0.15, -0.1) is 0 Å². The van der Waals surface area contributed by atoms with Crippen molar-refractivity contribution < 1.29 is 4.52 Å². The van der Waals surface area contributed by atoms with Crippen molar-refractivity contribution in [1.29, 1.82) is 0 Å². The maximum atomic E-state index is 5.43. The lowest BCUT2D eigenvalue weighted by atomic mass is 9.88. The van der Waals surface area contributed by atoms with Crippen LogP contribution in [0.4, 0.5) is 0 Å². The fourth-order valence-electron chi connectivity index (χ4n) is 3.58. The minimum atomic E-state index is 0.278. The molecule has 1 N–H and O–H groups in total. The van der Waals surface area contributed by atoms with Gasteiger partial charge in [-0.25, -0.2) is 0 Å². The summed E-state index contributed by atoms with van der Waals surface area (Å²) < 4.78 is 5.43. The monoisotopic (exact) mass is 277 g/mol. The van der Waals surface area contributed by atoms with Gasteiger partial charge >= 0.3 is 0 Å². The van der Waals surface area contributed by atoms with E-state index in [2.05, 4.69) is 42.2 Å². The lowest BCUT2D eigenvalue weighted by molar-refractivity contribution is 0.0398. The van der Waals surface area contributed by atoms with Crippen LogP contribution >= 0.6 is 0 Å². The summed E-state index contributed by atoms with van der Waals surface area (Å²) in [5, 5.41) is 7.84. The Morgan fingerprint density at radius 2 is 2.25 bits per heavy atom. The molecule has 0 radical (unpaired) electrons. The number of rotatable bonds is 4. The summed E-state index contributed by atoms with van der Waals surface area (Å²) in [5.74, 6) is 2.50. The highest BCUT2D eigenvalue weighted by molar-refractivity contribution is 5.08. The number of nitrogens with zero attached hydrogens (tertiary/aromatic N) is 2. The van der Waals surface area contributed by atoms with Crippen LogP contribution in [-0.2, 0) is 6.54 Å². The van der Waals surface area contributed by atoms with E-state index in [1.807, 2.05) is 6.92 Å². The van der Waals surface area contributed by atoms with Gasteiger partial charge in [-0.1, -0.05) is 19.0 Å². The highest BCUT2D eigenvalue weighted by atomic mass is 16.5. The molecule has 112 valence electrons. The van der Waals surface area contributed by atoms with E-state index in [0.29, 0.717) is 12.0 Å². The van der Waals surface area contributed by atoms with Gasteiger partial charge in [0.25, 0.3) is 0 Å². The third-order valence-corrected chi connectivity index (χ3v) is 5.00. The molecule has 0 bridgehead atoms. The van der Waals surface area contributed by atoms with Gasteiger partial charge in [0, 0.05) is 30.7 Å². The number of hydrogen-bond acceptors (Lipinski definition) is 4. The molecule has 4 nitrogen and oxygen atoms in total. The highest BCUT2D eigenvalue weighted by Gasteiger charge is 2.46. The molecule has 1 aliphatic heterocycles. The molecule has 2 atom stereocenters. The van der Waals surface area contributed by atoms with Crippen molar-refractivity contribution in [2.24, 2.45) is 11.8 Å². The number of hydrogen-bond donors (Lipinski definition) is 1. The Morgan fingerprint density at radius 3 is 2.80 bits per heavy atom. The molecule has 2 fully saturated rings. The average Bonchev–Trinajstić information content (AvgIpc) is 3.15. The lowest BCUT2D eigenvalue weighted by Crippen LogP contribution is -2.64. The molecule has 3 rings (SSSR count). The van der Waals surface area contributed by atoms with E-state index < -0.39 is 0 Å². The Balaban J connectivity index is 1.74. The number of aromatic nitrogens is 1. The number of nitrogens with one attached hydrogen (secondary N) is 1. The van der Waals surface area contributed by atoms with Crippen LogP contribution in [-0.4, -0.2) is 34.7 Å². The zero-order valence-electron chi connectivity index (χ0n) is 13.1. The SMILES string of the molecule is Cc1cc(CN2CC(C)(C3CC3)NCC2C(C)C)on1. The van der Waals surface area contributed by atoms with Crippen LogP contribution < -0.4 is 5.32 Å². The van der Waals surface area contributed by atoms with Gasteiger partial charge in [0.05, 0.1) is 12.2 Å². The molecule has 20 heavy (non-hydrogen) atoms. The average molecular weight is 277 g/mol. The molecular weight excluding hydrogens is 250 g/mol. The standard InChI is InChI=1S/C16H27N3O/c1-11(2)15-8-17-16(4,13-5-6-13)10-19(15)9-14-7-12(3)18-20-14/h7,11,13,15,17H,5-6,8-10H2,1-4H3. The summed E-state index contributed by atoms with van der Waals surface area (Å²) in [5.41, 5.74) is 1.25. The summed E-state index contributed by atoms with van der Waals surface area (Å²) in [4.78, 5) is 2.60. The Kier molecular flexibility index (Phi) is 3.63. The second-order valence-electron chi connectivity index (χ2n) is 7.22. The van der Waals surface area contributed by atoms with Crippen LogP contribution in [0.25, 0.3) is 0 Å². The summed E-state index contributed by atoms with van der Waals surface area (Å²) >= 11 is 0. The maximum Gasteiger partial charge on any atom is 0.150 e. The van der Waals surface area contributed by atoms with E-state index in [4.69, 9.17) is 4.52 Å². The Morgan fingerprint density at radius 1 is 1.50 bits per heavy atom. The quantitative estimate of drug-likeness (QED) is 0.918. The first-order valence-electron chi connectivity index (χ1n) is 7.89. The first-order chi connectivity index (χ1) is 9.48. The molecule has 2 aliphatic rings. The molecule has 0 amide bonds. The van der Waals surface area contributed by atoms with Gasteiger partial charge in [0.15, 0.2) is 5.76 Å². The van der Waals surface area contributed by atoms with Gasteiger partial charge in [-0.05, 0) is 38.5 Å².